The number of amides is 1. The Kier molecular flexibility index (Phi) is 6.66. The van der Waals surface area contributed by atoms with E-state index < -0.39 is 16.1 Å². The minimum atomic E-state index is -4.78. The van der Waals surface area contributed by atoms with Gasteiger partial charge in [-0.25, -0.2) is 8.51 Å². The molecule has 0 bridgehead atoms. The van der Waals surface area contributed by atoms with E-state index in [9.17, 15) is 22.2 Å². The van der Waals surface area contributed by atoms with E-state index in [0.717, 1.165) is 25.0 Å². The Morgan fingerprint density at radius 1 is 1.20 bits per heavy atom. The molecule has 0 spiro atoms. The average Bonchev–Trinajstić information content (AvgIpc) is 3.49. The first-order valence-electron chi connectivity index (χ1n) is 9.63. The highest BCUT2D eigenvalue weighted by atomic mass is 32.2. The number of carbonyl (C=O) groups excluding carboxylic acids is 1. The minimum absolute atomic E-state index is 0.0962. The molecule has 0 aromatic heterocycles. The molecule has 1 aromatic rings. The van der Waals surface area contributed by atoms with Crippen LogP contribution in [0.3, 0.4) is 0 Å². The van der Waals surface area contributed by atoms with E-state index in [2.05, 4.69) is 15.9 Å². The second kappa shape index (κ2) is 8.89. The molecule has 1 aromatic carbocycles. The Hall–Kier alpha value is -2.20. The summed E-state index contributed by atoms with van der Waals surface area (Å²) in [4.78, 5) is 12.5. The lowest BCUT2D eigenvalue weighted by Crippen LogP contribution is -2.38. The smallest absolute Gasteiger partial charge is 0.491 e. The minimum Gasteiger partial charge on any atom is -0.491 e. The van der Waals surface area contributed by atoms with Crippen molar-refractivity contribution < 1.29 is 31.6 Å². The van der Waals surface area contributed by atoms with Gasteiger partial charge in [-0.1, -0.05) is 0 Å². The van der Waals surface area contributed by atoms with Crippen molar-refractivity contribution in [3.05, 3.63) is 36.1 Å². The number of nitrogens with zero attached hydrogens (tertiary/aromatic N) is 1. The van der Waals surface area contributed by atoms with Crippen LogP contribution in [0.15, 0.2) is 41.0 Å². The first-order chi connectivity index (χ1) is 14.1. The number of methoxy groups -OCH3 is 1. The number of halogens is 3. The summed E-state index contributed by atoms with van der Waals surface area (Å²) in [7, 11) is -1.38. The number of alkyl halides is 3. The number of piperidine rings is 1. The highest BCUT2D eigenvalue weighted by Crippen LogP contribution is 2.28. The maximum atomic E-state index is 13.2. The van der Waals surface area contributed by atoms with Gasteiger partial charge in [0, 0.05) is 24.0 Å². The number of ether oxygens (including phenoxy) is 2. The van der Waals surface area contributed by atoms with Crippen molar-refractivity contribution in [1.29, 1.82) is 0 Å². The SMILES string of the molecule is C=S(=O)(c1ccc(OC(F)(F)F)cc1)N1CCC(/C=C(\OC)C(=O)NC2CC2)CC1. The molecule has 0 radical (unpaired) electrons. The predicted octanol–water partition coefficient (Wildman–Crippen LogP) is 3.10. The van der Waals surface area contributed by atoms with Crippen molar-refractivity contribution >= 4 is 21.5 Å². The van der Waals surface area contributed by atoms with Crippen LogP contribution in [0.4, 0.5) is 13.2 Å². The fourth-order valence-corrected chi connectivity index (χ4v) is 4.94. The summed E-state index contributed by atoms with van der Waals surface area (Å²) in [6, 6.07) is 5.18. The molecule has 3 rings (SSSR count). The third-order valence-corrected chi connectivity index (χ3v) is 7.29. The standard InChI is InChI=1S/C20H25F3N2O4S/c1-28-18(19(26)24-15-3-4-15)13-14-9-11-25(12-10-14)30(2,27)17-7-5-16(6-8-17)29-20(21,22)23/h5-8,13-15H,2-4,9-12H2,1H3,(H,24,26)/b18-13-. The van der Waals surface area contributed by atoms with Crippen molar-refractivity contribution in [3.63, 3.8) is 0 Å². The van der Waals surface area contributed by atoms with E-state index in [-0.39, 0.29) is 29.4 Å². The molecule has 1 heterocycles. The number of hydrogen-bond acceptors (Lipinski definition) is 4. The van der Waals surface area contributed by atoms with Gasteiger partial charge >= 0.3 is 6.36 Å². The lowest BCUT2D eigenvalue weighted by atomic mass is 9.97. The highest BCUT2D eigenvalue weighted by molar-refractivity contribution is 7.98. The Morgan fingerprint density at radius 3 is 2.30 bits per heavy atom. The topological polar surface area (TPSA) is 67.9 Å². The molecule has 2 aliphatic rings. The van der Waals surface area contributed by atoms with Crippen molar-refractivity contribution in [1.82, 2.24) is 9.62 Å². The third-order valence-electron chi connectivity index (χ3n) is 5.08. The average molecular weight is 446 g/mol. The molecule has 1 unspecified atom stereocenters. The molecule has 1 atom stereocenters. The second-order valence-electron chi connectivity index (χ2n) is 7.41. The van der Waals surface area contributed by atoms with Crippen LogP contribution in [0.25, 0.3) is 0 Å². The number of benzene rings is 1. The summed E-state index contributed by atoms with van der Waals surface area (Å²) in [5, 5.41) is 2.89. The fraction of sp³-hybridized carbons (Fsp3) is 0.500. The van der Waals surface area contributed by atoms with Gasteiger partial charge in [-0.3, -0.25) is 4.79 Å². The Balaban J connectivity index is 1.60. The van der Waals surface area contributed by atoms with Crippen LogP contribution >= 0.6 is 0 Å². The van der Waals surface area contributed by atoms with Gasteiger partial charge in [-0.15, -0.1) is 13.2 Å². The first-order valence-corrected chi connectivity index (χ1v) is 11.3. The number of rotatable bonds is 7. The van der Waals surface area contributed by atoms with Gasteiger partial charge in [0.15, 0.2) is 5.76 Å². The molecule has 1 saturated heterocycles. The van der Waals surface area contributed by atoms with Gasteiger partial charge < -0.3 is 14.8 Å². The van der Waals surface area contributed by atoms with Crippen LogP contribution in [-0.4, -0.2) is 52.9 Å². The maximum absolute atomic E-state index is 13.2. The van der Waals surface area contributed by atoms with Crippen LogP contribution in [0, 0.1) is 5.92 Å². The molecular weight excluding hydrogens is 421 g/mol. The lowest BCUT2D eigenvalue weighted by molar-refractivity contribution is -0.274. The van der Waals surface area contributed by atoms with E-state index >= 15 is 0 Å². The molecule has 30 heavy (non-hydrogen) atoms. The molecule has 166 valence electrons. The Labute approximate surface area is 174 Å². The van der Waals surface area contributed by atoms with E-state index in [1.807, 2.05) is 6.08 Å². The molecular formula is C20H25F3N2O4S. The molecule has 6 nitrogen and oxygen atoms in total. The van der Waals surface area contributed by atoms with E-state index in [0.29, 0.717) is 30.8 Å². The first kappa shape index (κ1) is 22.5. The Bertz CT molecular complexity index is 886. The van der Waals surface area contributed by atoms with Crippen LogP contribution in [0.5, 0.6) is 5.75 Å². The van der Waals surface area contributed by atoms with Crippen molar-refractivity contribution in [2.24, 2.45) is 5.92 Å². The highest BCUT2D eigenvalue weighted by Gasteiger charge is 2.31. The van der Waals surface area contributed by atoms with E-state index in [4.69, 9.17) is 4.74 Å². The molecule has 1 aliphatic carbocycles. The summed E-state index contributed by atoms with van der Waals surface area (Å²) in [6.07, 6.45) is 0.323. The Morgan fingerprint density at radius 2 is 1.80 bits per heavy atom. The van der Waals surface area contributed by atoms with Gasteiger partial charge in [-0.05, 0) is 67.8 Å². The van der Waals surface area contributed by atoms with Crippen molar-refractivity contribution in [3.8, 4) is 5.75 Å². The van der Waals surface area contributed by atoms with Crippen molar-refractivity contribution in [2.75, 3.05) is 20.2 Å². The van der Waals surface area contributed by atoms with E-state index in [1.165, 1.54) is 19.2 Å². The summed E-state index contributed by atoms with van der Waals surface area (Å²) in [6.45, 7) is 0.955. The molecule has 1 aliphatic heterocycles. The molecule has 1 N–H and O–H groups in total. The summed E-state index contributed by atoms with van der Waals surface area (Å²) in [5.41, 5.74) is 0. The van der Waals surface area contributed by atoms with Gasteiger partial charge in [0.05, 0.1) is 16.8 Å². The fourth-order valence-electron chi connectivity index (χ4n) is 3.28. The molecule has 2 fully saturated rings. The lowest BCUT2D eigenvalue weighted by Gasteiger charge is -2.33. The summed E-state index contributed by atoms with van der Waals surface area (Å²) in [5.74, 6) is 3.62. The number of nitrogens with one attached hydrogen (secondary N) is 1. The zero-order chi connectivity index (χ0) is 21.9. The zero-order valence-electron chi connectivity index (χ0n) is 16.6. The van der Waals surface area contributed by atoms with Crippen LogP contribution in [0.1, 0.15) is 25.7 Å². The quantitative estimate of drug-likeness (QED) is 0.397. The number of carbonyl (C=O) groups is 1. The van der Waals surface area contributed by atoms with Gasteiger partial charge in [0.2, 0.25) is 0 Å². The summed E-state index contributed by atoms with van der Waals surface area (Å²) >= 11 is 0. The molecule has 1 saturated carbocycles. The molecule has 10 heteroatoms. The monoisotopic (exact) mass is 446 g/mol. The largest absolute Gasteiger partial charge is 0.573 e. The molecule has 1 amide bonds. The number of allylic oxidation sites excluding steroid dienone is 1. The second-order valence-corrected chi connectivity index (χ2v) is 9.68. The normalized spacial score (nSPS) is 21.0. The van der Waals surface area contributed by atoms with Gasteiger partial charge in [-0.2, -0.15) is 0 Å². The van der Waals surface area contributed by atoms with Crippen molar-refractivity contribution in [2.45, 2.75) is 43.0 Å². The van der Waals surface area contributed by atoms with E-state index in [1.54, 1.807) is 4.31 Å². The van der Waals surface area contributed by atoms with Crippen LogP contribution in [-0.2, 0) is 19.2 Å². The van der Waals surface area contributed by atoms with Gasteiger partial charge in [0.25, 0.3) is 5.91 Å². The maximum Gasteiger partial charge on any atom is 0.573 e. The number of hydrogen-bond donors (Lipinski definition) is 1. The summed E-state index contributed by atoms with van der Waals surface area (Å²) < 4.78 is 60.9. The van der Waals surface area contributed by atoms with Crippen LogP contribution < -0.4 is 10.1 Å². The van der Waals surface area contributed by atoms with Crippen LogP contribution in [0.2, 0.25) is 0 Å². The zero-order valence-corrected chi connectivity index (χ0v) is 17.4. The predicted molar refractivity (Wildman–Crippen MR) is 107 cm³/mol. The van der Waals surface area contributed by atoms with Gasteiger partial charge in [0.1, 0.15) is 5.75 Å². The third kappa shape index (κ3) is 5.91.